The van der Waals surface area contributed by atoms with E-state index in [2.05, 4.69) is 15.4 Å². The zero-order chi connectivity index (χ0) is 12.3. The molecule has 2 aromatic rings. The van der Waals surface area contributed by atoms with Gasteiger partial charge < -0.3 is 5.32 Å². The van der Waals surface area contributed by atoms with Crippen LogP contribution in [0.25, 0.3) is 0 Å². The van der Waals surface area contributed by atoms with Crippen LogP contribution in [0.15, 0.2) is 36.8 Å². The zero-order valence-electron chi connectivity index (χ0n) is 9.17. The highest BCUT2D eigenvalue weighted by molar-refractivity contribution is 6.29. The van der Waals surface area contributed by atoms with E-state index in [1.54, 1.807) is 42.2 Å². The van der Waals surface area contributed by atoms with E-state index in [1.807, 2.05) is 0 Å². The molecule has 0 bridgehead atoms. The molecule has 0 saturated heterocycles. The van der Waals surface area contributed by atoms with E-state index in [0.717, 1.165) is 0 Å². The Balaban J connectivity index is 2.07. The zero-order valence-corrected chi connectivity index (χ0v) is 9.93. The van der Waals surface area contributed by atoms with Crippen molar-refractivity contribution in [1.82, 2.24) is 14.8 Å². The lowest BCUT2D eigenvalue weighted by Gasteiger charge is -2.12. The van der Waals surface area contributed by atoms with E-state index < -0.39 is 0 Å². The molecule has 2 aromatic heterocycles. The number of halogens is 1. The Morgan fingerprint density at radius 1 is 1.53 bits per heavy atom. The van der Waals surface area contributed by atoms with Gasteiger partial charge in [-0.1, -0.05) is 11.6 Å². The third-order valence-electron chi connectivity index (χ3n) is 2.30. The average Bonchev–Trinajstić information content (AvgIpc) is 2.81. The highest BCUT2D eigenvalue weighted by Crippen LogP contribution is 2.14. The van der Waals surface area contributed by atoms with Gasteiger partial charge in [0.1, 0.15) is 11.2 Å². The smallest absolute Gasteiger partial charge is 0.248 e. The van der Waals surface area contributed by atoms with Gasteiger partial charge in [-0.05, 0) is 25.1 Å². The first-order valence-corrected chi connectivity index (χ1v) is 5.46. The second kappa shape index (κ2) is 4.97. The topological polar surface area (TPSA) is 59.8 Å². The molecule has 0 aliphatic carbocycles. The Bertz CT molecular complexity index is 512. The van der Waals surface area contributed by atoms with Crippen LogP contribution in [-0.4, -0.2) is 20.7 Å². The minimum Gasteiger partial charge on any atom is -0.324 e. The Kier molecular flexibility index (Phi) is 3.39. The SMILES string of the molecule is CC(C(=O)Nc1ccnc(Cl)c1)n1cccn1. The molecular weight excluding hydrogens is 240 g/mol. The summed E-state index contributed by atoms with van der Waals surface area (Å²) in [5.41, 5.74) is 0.619. The fraction of sp³-hybridized carbons (Fsp3) is 0.182. The molecule has 0 aliphatic heterocycles. The number of carbonyl (C=O) groups excluding carboxylic acids is 1. The molecule has 0 spiro atoms. The third kappa shape index (κ3) is 2.82. The number of hydrogen-bond donors (Lipinski definition) is 1. The quantitative estimate of drug-likeness (QED) is 0.849. The molecule has 17 heavy (non-hydrogen) atoms. The van der Waals surface area contributed by atoms with E-state index in [1.165, 1.54) is 6.20 Å². The van der Waals surface area contributed by atoms with Crippen molar-refractivity contribution in [1.29, 1.82) is 0 Å². The average molecular weight is 251 g/mol. The number of nitrogens with zero attached hydrogens (tertiary/aromatic N) is 3. The molecule has 1 N–H and O–H groups in total. The van der Waals surface area contributed by atoms with Crippen molar-refractivity contribution in [3.05, 3.63) is 41.9 Å². The molecule has 1 atom stereocenters. The van der Waals surface area contributed by atoms with E-state index in [9.17, 15) is 4.79 Å². The van der Waals surface area contributed by atoms with Crippen LogP contribution in [0, 0.1) is 0 Å². The van der Waals surface area contributed by atoms with Gasteiger partial charge in [-0.3, -0.25) is 9.48 Å². The summed E-state index contributed by atoms with van der Waals surface area (Å²) in [6, 6.07) is 4.67. The second-order valence-electron chi connectivity index (χ2n) is 3.52. The predicted octanol–water partition coefficient (Wildman–Crippen LogP) is 2.13. The summed E-state index contributed by atoms with van der Waals surface area (Å²) in [5, 5.41) is 7.10. The predicted molar refractivity (Wildman–Crippen MR) is 64.8 cm³/mol. The normalized spacial score (nSPS) is 12.1. The van der Waals surface area contributed by atoms with Gasteiger partial charge in [0.25, 0.3) is 0 Å². The van der Waals surface area contributed by atoms with Crippen molar-refractivity contribution in [2.75, 3.05) is 5.32 Å². The first-order chi connectivity index (χ1) is 8.16. The van der Waals surface area contributed by atoms with Crippen LogP contribution in [0.4, 0.5) is 5.69 Å². The lowest BCUT2D eigenvalue weighted by atomic mass is 10.3. The number of pyridine rings is 1. The monoisotopic (exact) mass is 250 g/mol. The van der Waals surface area contributed by atoms with Crippen LogP contribution < -0.4 is 5.32 Å². The van der Waals surface area contributed by atoms with Crippen molar-refractivity contribution in [2.24, 2.45) is 0 Å². The molecule has 0 aromatic carbocycles. The van der Waals surface area contributed by atoms with E-state index >= 15 is 0 Å². The van der Waals surface area contributed by atoms with Crippen LogP contribution in [0.3, 0.4) is 0 Å². The maximum Gasteiger partial charge on any atom is 0.248 e. The van der Waals surface area contributed by atoms with Crippen LogP contribution in [-0.2, 0) is 4.79 Å². The molecular formula is C11H11ClN4O. The summed E-state index contributed by atoms with van der Waals surface area (Å²) in [7, 11) is 0. The molecule has 0 fully saturated rings. The third-order valence-corrected chi connectivity index (χ3v) is 2.50. The minimum atomic E-state index is -0.378. The highest BCUT2D eigenvalue weighted by Gasteiger charge is 2.14. The molecule has 0 saturated carbocycles. The molecule has 1 unspecified atom stereocenters. The summed E-state index contributed by atoms with van der Waals surface area (Å²) in [4.78, 5) is 15.7. The Morgan fingerprint density at radius 3 is 3.00 bits per heavy atom. The fourth-order valence-electron chi connectivity index (χ4n) is 1.36. The standard InChI is InChI=1S/C11H11ClN4O/c1-8(16-6-2-4-14-16)11(17)15-9-3-5-13-10(12)7-9/h2-8H,1H3,(H,13,15,17). The number of rotatable bonds is 3. The van der Waals surface area contributed by atoms with Crippen molar-refractivity contribution in [3.8, 4) is 0 Å². The first kappa shape index (κ1) is 11.6. The Morgan fingerprint density at radius 2 is 2.35 bits per heavy atom. The van der Waals surface area contributed by atoms with E-state index in [0.29, 0.717) is 10.8 Å². The summed E-state index contributed by atoms with van der Waals surface area (Å²) >= 11 is 5.73. The van der Waals surface area contributed by atoms with Gasteiger partial charge in [0.15, 0.2) is 0 Å². The van der Waals surface area contributed by atoms with Crippen molar-refractivity contribution in [2.45, 2.75) is 13.0 Å². The molecule has 2 rings (SSSR count). The van der Waals surface area contributed by atoms with Gasteiger partial charge in [-0.25, -0.2) is 4.98 Å². The number of hydrogen-bond acceptors (Lipinski definition) is 3. The van der Waals surface area contributed by atoms with Crippen LogP contribution in [0.1, 0.15) is 13.0 Å². The van der Waals surface area contributed by atoms with E-state index in [4.69, 9.17) is 11.6 Å². The van der Waals surface area contributed by atoms with Gasteiger partial charge in [0.05, 0.1) is 0 Å². The minimum absolute atomic E-state index is 0.157. The number of amides is 1. The fourth-order valence-corrected chi connectivity index (χ4v) is 1.53. The number of carbonyl (C=O) groups is 1. The van der Waals surface area contributed by atoms with Crippen LogP contribution >= 0.6 is 11.6 Å². The maximum atomic E-state index is 11.9. The molecule has 88 valence electrons. The lowest BCUT2D eigenvalue weighted by Crippen LogP contribution is -2.23. The number of aromatic nitrogens is 3. The maximum absolute atomic E-state index is 11.9. The van der Waals surface area contributed by atoms with Crippen molar-refractivity contribution < 1.29 is 4.79 Å². The number of anilines is 1. The van der Waals surface area contributed by atoms with Gasteiger partial charge in [0, 0.05) is 24.3 Å². The van der Waals surface area contributed by atoms with Crippen molar-refractivity contribution >= 4 is 23.2 Å². The molecule has 1 amide bonds. The summed E-state index contributed by atoms with van der Waals surface area (Å²) < 4.78 is 1.58. The van der Waals surface area contributed by atoms with E-state index in [-0.39, 0.29) is 11.9 Å². The first-order valence-electron chi connectivity index (χ1n) is 5.08. The molecule has 5 nitrogen and oxygen atoms in total. The Labute approximate surface area is 103 Å². The second-order valence-corrected chi connectivity index (χ2v) is 3.91. The van der Waals surface area contributed by atoms with Crippen molar-refractivity contribution in [3.63, 3.8) is 0 Å². The summed E-state index contributed by atoms with van der Waals surface area (Å²) in [5.74, 6) is -0.157. The van der Waals surface area contributed by atoms with Crippen LogP contribution in [0.5, 0.6) is 0 Å². The van der Waals surface area contributed by atoms with Gasteiger partial charge in [-0.2, -0.15) is 5.10 Å². The van der Waals surface area contributed by atoms with Gasteiger partial charge >= 0.3 is 0 Å². The molecule has 0 radical (unpaired) electrons. The largest absolute Gasteiger partial charge is 0.324 e. The summed E-state index contributed by atoms with van der Waals surface area (Å²) in [6.45, 7) is 1.77. The summed E-state index contributed by atoms with van der Waals surface area (Å²) in [6.07, 6.45) is 4.91. The van der Waals surface area contributed by atoms with Gasteiger partial charge in [-0.15, -0.1) is 0 Å². The molecule has 2 heterocycles. The number of nitrogens with one attached hydrogen (secondary N) is 1. The van der Waals surface area contributed by atoms with Crippen LogP contribution in [0.2, 0.25) is 5.15 Å². The molecule has 6 heteroatoms. The lowest BCUT2D eigenvalue weighted by molar-refractivity contribution is -0.119. The highest BCUT2D eigenvalue weighted by atomic mass is 35.5. The Hall–Kier alpha value is -1.88. The van der Waals surface area contributed by atoms with Gasteiger partial charge in [0.2, 0.25) is 5.91 Å². The molecule has 0 aliphatic rings.